The predicted molar refractivity (Wildman–Crippen MR) is 102 cm³/mol. The molecule has 0 saturated carbocycles. The molecule has 0 fully saturated rings. The summed E-state index contributed by atoms with van der Waals surface area (Å²) in [5, 5.41) is 12.2. The van der Waals surface area contributed by atoms with Crippen LogP contribution in [0.25, 0.3) is 11.3 Å². The Bertz CT molecular complexity index is 852. The minimum Gasteiger partial charge on any atom is -0.324 e. The van der Waals surface area contributed by atoms with E-state index in [0.29, 0.717) is 0 Å². The molecular weight excluding hydrogens is 356 g/mol. The molecule has 1 atom stereocenters. The summed E-state index contributed by atoms with van der Waals surface area (Å²) in [5.74, 6) is -0.0368. The Kier molecular flexibility index (Phi) is 5.43. The smallest absolute Gasteiger partial charge is 0.246 e. The summed E-state index contributed by atoms with van der Waals surface area (Å²) in [5.41, 5.74) is 4.91. The first-order valence-corrected chi connectivity index (χ1v) is 8.64. The Balaban J connectivity index is 0.00000182. The number of halogens is 1. The fraction of sp³-hybridized carbons (Fsp3) is 0.167. The summed E-state index contributed by atoms with van der Waals surface area (Å²) in [6, 6.07) is 15.5. The quantitative estimate of drug-likeness (QED) is 0.739. The molecule has 3 aromatic rings. The molecule has 1 amide bonds. The van der Waals surface area contributed by atoms with Gasteiger partial charge in [0.25, 0.3) is 0 Å². The molecule has 2 heterocycles. The number of anilines is 1. The van der Waals surface area contributed by atoms with Gasteiger partial charge in [-0.05, 0) is 41.2 Å². The number of aromatic nitrogens is 2. The summed E-state index contributed by atoms with van der Waals surface area (Å²) in [7, 11) is 0. The van der Waals surface area contributed by atoms with Crippen LogP contribution >= 0.6 is 23.9 Å². The number of carbonyl (C=O) groups excluding carboxylic acids is 1. The third kappa shape index (κ3) is 3.71. The topological polar surface area (TPSA) is 66.9 Å². The van der Waals surface area contributed by atoms with Crippen LogP contribution < -0.4 is 10.6 Å². The van der Waals surface area contributed by atoms with Gasteiger partial charge >= 0.3 is 0 Å². The van der Waals surface area contributed by atoms with Gasteiger partial charge in [-0.25, -0.2) is 0 Å². The van der Waals surface area contributed by atoms with Gasteiger partial charge in [-0.3, -0.25) is 4.79 Å². The first-order valence-electron chi connectivity index (χ1n) is 7.81. The second-order valence-electron chi connectivity index (χ2n) is 5.69. The minimum absolute atomic E-state index is 0. The molecule has 1 aliphatic rings. The number of fused-ring (bicyclic) bond motifs is 1. The Morgan fingerprint density at radius 3 is 2.72 bits per heavy atom. The van der Waals surface area contributed by atoms with E-state index in [1.165, 1.54) is 17.1 Å². The zero-order valence-electron chi connectivity index (χ0n) is 13.3. The fourth-order valence-corrected chi connectivity index (χ4v) is 3.43. The molecular formula is C18H17ClN4OS. The van der Waals surface area contributed by atoms with Crippen molar-refractivity contribution in [3.8, 4) is 11.3 Å². The van der Waals surface area contributed by atoms with Crippen molar-refractivity contribution in [2.75, 3.05) is 11.9 Å². The maximum absolute atomic E-state index is 12.6. The lowest BCUT2D eigenvalue weighted by Gasteiger charge is -2.26. The van der Waals surface area contributed by atoms with Gasteiger partial charge in [0.05, 0.1) is 0 Å². The van der Waals surface area contributed by atoms with Crippen molar-refractivity contribution >= 4 is 35.5 Å². The molecule has 1 aromatic heterocycles. The normalized spacial score (nSPS) is 15.8. The number of amides is 1. The van der Waals surface area contributed by atoms with E-state index in [9.17, 15) is 4.79 Å². The SMILES string of the molecule is Cl.O=C(Nc1ccc(-c2csnn2)cc1)C1NCCc2ccccc21. The van der Waals surface area contributed by atoms with Gasteiger partial charge < -0.3 is 10.6 Å². The zero-order chi connectivity index (χ0) is 16.4. The molecule has 0 spiro atoms. The van der Waals surface area contributed by atoms with Crippen molar-refractivity contribution in [1.29, 1.82) is 0 Å². The highest BCUT2D eigenvalue weighted by Gasteiger charge is 2.25. The van der Waals surface area contributed by atoms with Crippen LogP contribution in [0.1, 0.15) is 17.2 Å². The molecule has 128 valence electrons. The van der Waals surface area contributed by atoms with Crippen LogP contribution in [-0.4, -0.2) is 22.0 Å². The van der Waals surface area contributed by atoms with Gasteiger partial charge in [-0.1, -0.05) is 40.9 Å². The molecule has 25 heavy (non-hydrogen) atoms. The van der Waals surface area contributed by atoms with Crippen LogP contribution in [0.15, 0.2) is 53.9 Å². The van der Waals surface area contributed by atoms with Gasteiger partial charge in [-0.15, -0.1) is 17.5 Å². The molecule has 1 aliphatic heterocycles. The molecule has 0 aliphatic carbocycles. The Morgan fingerprint density at radius 1 is 1.16 bits per heavy atom. The van der Waals surface area contributed by atoms with Gasteiger partial charge in [0, 0.05) is 23.2 Å². The van der Waals surface area contributed by atoms with Crippen LogP contribution in [0.4, 0.5) is 5.69 Å². The van der Waals surface area contributed by atoms with E-state index in [4.69, 9.17) is 0 Å². The molecule has 7 heteroatoms. The Morgan fingerprint density at radius 2 is 1.96 bits per heavy atom. The molecule has 0 saturated heterocycles. The van der Waals surface area contributed by atoms with Gasteiger partial charge in [0.2, 0.25) is 5.91 Å². The Hall–Kier alpha value is -2.28. The molecule has 2 aromatic carbocycles. The standard InChI is InChI=1S/C18H16N4OS.ClH/c23-18(17-15-4-2-1-3-12(15)9-10-19-17)20-14-7-5-13(6-8-14)16-11-24-22-21-16;/h1-8,11,17,19H,9-10H2,(H,20,23);1H. The second kappa shape index (κ2) is 7.74. The average molecular weight is 373 g/mol. The van der Waals surface area contributed by atoms with Crippen molar-refractivity contribution in [2.24, 2.45) is 0 Å². The number of carbonyl (C=O) groups is 1. The van der Waals surface area contributed by atoms with Crippen molar-refractivity contribution < 1.29 is 4.79 Å². The highest BCUT2D eigenvalue weighted by molar-refractivity contribution is 7.03. The molecule has 2 N–H and O–H groups in total. The third-order valence-electron chi connectivity index (χ3n) is 4.18. The largest absolute Gasteiger partial charge is 0.324 e. The van der Waals surface area contributed by atoms with Crippen LogP contribution in [0.5, 0.6) is 0 Å². The lowest BCUT2D eigenvalue weighted by atomic mass is 9.94. The lowest BCUT2D eigenvalue weighted by Crippen LogP contribution is -2.38. The van der Waals surface area contributed by atoms with Gasteiger partial charge in [-0.2, -0.15) is 0 Å². The van der Waals surface area contributed by atoms with E-state index in [1.54, 1.807) is 0 Å². The van der Waals surface area contributed by atoms with E-state index in [1.807, 2.05) is 47.8 Å². The van der Waals surface area contributed by atoms with Crippen LogP contribution in [0.3, 0.4) is 0 Å². The summed E-state index contributed by atoms with van der Waals surface area (Å²) in [6.07, 6.45) is 0.955. The first kappa shape index (κ1) is 17.5. The summed E-state index contributed by atoms with van der Waals surface area (Å²) in [4.78, 5) is 12.6. The minimum atomic E-state index is -0.308. The first-order chi connectivity index (χ1) is 11.8. The van der Waals surface area contributed by atoms with E-state index < -0.39 is 0 Å². The van der Waals surface area contributed by atoms with E-state index >= 15 is 0 Å². The average Bonchev–Trinajstić information content (AvgIpc) is 3.16. The molecule has 4 rings (SSSR count). The number of rotatable bonds is 3. The zero-order valence-corrected chi connectivity index (χ0v) is 14.9. The highest BCUT2D eigenvalue weighted by Crippen LogP contribution is 2.25. The number of hydrogen-bond donors (Lipinski definition) is 2. The van der Waals surface area contributed by atoms with Gasteiger partial charge in [0.1, 0.15) is 11.7 Å². The van der Waals surface area contributed by atoms with E-state index in [2.05, 4.69) is 26.3 Å². The van der Waals surface area contributed by atoms with E-state index in [-0.39, 0.29) is 24.4 Å². The fourth-order valence-electron chi connectivity index (χ4n) is 2.97. The van der Waals surface area contributed by atoms with Crippen molar-refractivity contribution in [3.63, 3.8) is 0 Å². The van der Waals surface area contributed by atoms with Crippen molar-refractivity contribution in [2.45, 2.75) is 12.5 Å². The van der Waals surface area contributed by atoms with Gasteiger partial charge in [0.15, 0.2) is 0 Å². The highest BCUT2D eigenvalue weighted by atomic mass is 35.5. The van der Waals surface area contributed by atoms with Crippen LogP contribution in [0.2, 0.25) is 0 Å². The molecule has 5 nitrogen and oxygen atoms in total. The van der Waals surface area contributed by atoms with Crippen molar-refractivity contribution in [3.05, 3.63) is 65.0 Å². The maximum atomic E-state index is 12.6. The monoisotopic (exact) mass is 372 g/mol. The number of hydrogen-bond acceptors (Lipinski definition) is 5. The summed E-state index contributed by atoms with van der Waals surface area (Å²) < 4.78 is 3.87. The third-order valence-corrected chi connectivity index (χ3v) is 4.68. The maximum Gasteiger partial charge on any atom is 0.246 e. The number of nitrogens with one attached hydrogen (secondary N) is 2. The molecule has 1 unspecified atom stereocenters. The predicted octanol–water partition coefficient (Wildman–Crippen LogP) is 3.45. The Labute approximate surface area is 156 Å². The second-order valence-corrected chi connectivity index (χ2v) is 6.30. The molecule has 0 radical (unpaired) electrons. The van der Waals surface area contributed by atoms with Crippen LogP contribution in [0, 0.1) is 0 Å². The summed E-state index contributed by atoms with van der Waals surface area (Å²) >= 11 is 1.32. The lowest BCUT2D eigenvalue weighted by molar-refractivity contribution is -0.118. The number of nitrogens with zero attached hydrogens (tertiary/aromatic N) is 2. The summed E-state index contributed by atoms with van der Waals surface area (Å²) in [6.45, 7) is 0.810. The van der Waals surface area contributed by atoms with Crippen LogP contribution in [-0.2, 0) is 11.2 Å². The molecule has 0 bridgehead atoms. The van der Waals surface area contributed by atoms with E-state index in [0.717, 1.165) is 35.5 Å². The van der Waals surface area contributed by atoms with Crippen molar-refractivity contribution in [1.82, 2.24) is 14.9 Å². The number of benzene rings is 2.